The van der Waals surface area contributed by atoms with E-state index in [2.05, 4.69) is 20.9 Å². The van der Waals surface area contributed by atoms with Crippen molar-refractivity contribution in [2.45, 2.75) is 25.7 Å². The maximum atomic E-state index is 13.0. The molecule has 1 aromatic rings. The molecule has 0 amide bonds. The number of halogens is 3. The van der Waals surface area contributed by atoms with Gasteiger partial charge < -0.3 is 4.90 Å². The van der Waals surface area contributed by atoms with Crippen molar-refractivity contribution < 1.29 is 8.78 Å². The quantitative estimate of drug-likeness (QED) is 0.737. The molecule has 0 unspecified atom stereocenters. The van der Waals surface area contributed by atoms with E-state index in [-0.39, 0.29) is 12.8 Å². The maximum absolute atomic E-state index is 13.0. The Kier molecular flexibility index (Phi) is 3.15. The lowest BCUT2D eigenvalue weighted by atomic mass is 10.1. The van der Waals surface area contributed by atoms with Gasteiger partial charge in [-0.25, -0.2) is 13.8 Å². The zero-order valence-corrected chi connectivity index (χ0v) is 10.6. The molecule has 1 aliphatic heterocycles. The van der Waals surface area contributed by atoms with Crippen molar-refractivity contribution in [3.8, 4) is 0 Å². The molecule has 0 radical (unpaired) electrons. The Bertz CT molecular complexity index is 365. The van der Waals surface area contributed by atoms with Gasteiger partial charge in [-0.3, -0.25) is 0 Å². The Morgan fingerprint density at radius 3 is 2.50 bits per heavy atom. The van der Waals surface area contributed by atoms with E-state index in [1.54, 1.807) is 0 Å². The molecule has 2 heterocycles. The van der Waals surface area contributed by atoms with Gasteiger partial charge in [-0.1, -0.05) is 0 Å². The molecule has 0 N–H and O–H groups in total. The highest BCUT2D eigenvalue weighted by Gasteiger charge is 2.34. The van der Waals surface area contributed by atoms with E-state index in [9.17, 15) is 8.78 Å². The number of pyridine rings is 1. The Balaban J connectivity index is 2.14. The Morgan fingerprint density at radius 2 is 1.94 bits per heavy atom. The highest BCUT2D eigenvalue weighted by Crippen LogP contribution is 2.30. The minimum atomic E-state index is -2.50. The summed E-state index contributed by atoms with van der Waals surface area (Å²) in [6.07, 6.45) is -0.166. The number of aromatic nitrogens is 1. The lowest BCUT2D eigenvalue weighted by molar-refractivity contribution is -0.0221. The van der Waals surface area contributed by atoms with Crippen LogP contribution in [0.15, 0.2) is 16.7 Å². The first kappa shape index (κ1) is 11.8. The topological polar surface area (TPSA) is 16.1 Å². The fourth-order valence-corrected chi connectivity index (χ4v) is 2.37. The van der Waals surface area contributed by atoms with Crippen LogP contribution in [0.5, 0.6) is 0 Å². The lowest BCUT2D eigenvalue weighted by Gasteiger charge is -2.32. The number of nitrogens with zero attached hydrogens (tertiary/aromatic N) is 2. The van der Waals surface area contributed by atoms with Crippen molar-refractivity contribution >= 4 is 21.7 Å². The van der Waals surface area contributed by atoms with Gasteiger partial charge in [-0.15, -0.1) is 0 Å². The summed E-state index contributed by atoms with van der Waals surface area (Å²) in [4.78, 5) is 6.22. The number of anilines is 1. The summed E-state index contributed by atoms with van der Waals surface area (Å²) in [6.45, 7) is 2.71. The summed E-state index contributed by atoms with van der Waals surface area (Å²) in [7, 11) is 0. The standard InChI is InChI=1S/C11H13BrF2N2/c1-8-6-9(12)15-10(7-8)16-4-2-11(13,14)3-5-16/h6-7H,2-5H2,1H3. The Hall–Kier alpha value is -0.710. The molecule has 0 aliphatic carbocycles. The van der Waals surface area contributed by atoms with Crippen LogP contribution in [0.4, 0.5) is 14.6 Å². The molecule has 2 nitrogen and oxygen atoms in total. The molecule has 16 heavy (non-hydrogen) atoms. The van der Waals surface area contributed by atoms with Crippen molar-refractivity contribution in [1.29, 1.82) is 0 Å². The molecule has 1 aromatic heterocycles. The van der Waals surface area contributed by atoms with Crippen molar-refractivity contribution in [1.82, 2.24) is 4.98 Å². The van der Waals surface area contributed by atoms with Gasteiger partial charge in [0.15, 0.2) is 0 Å². The van der Waals surface area contributed by atoms with Gasteiger partial charge in [0.2, 0.25) is 0 Å². The van der Waals surface area contributed by atoms with E-state index < -0.39 is 5.92 Å². The van der Waals surface area contributed by atoms with Crippen molar-refractivity contribution in [3.05, 3.63) is 22.3 Å². The van der Waals surface area contributed by atoms with Crippen molar-refractivity contribution in [3.63, 3.8) is 0 Å². The minimum absolute atomic E-state index is 0.0831. The molecule has 1 saturated heterocycles. The van der Waals surface area contributed by atoms with Crippen LogP contribution in [0.3, 0.4) is 0 Å². The third kappa shape index (κ3) is 2.70. The fourth-order valence-electron chi connectivity index (χ4n) is 1.83. The SMILES string of the molecule is Cc1cc(Br)nc(N2CCC(F)(F)CC2)c1. The highest BCUT2D eigenvalue weighted by molar-refractivity contribution is 9.10. The molecule has 0 aromatic carbocycles. The van der Waals surface area contributed by atoms with Gasteiger partial charge in [0.05, 0.1) is 0 Å². The van der Waals surface area contributed by atoms with Crippen LogP contribution in [-0.2, 0) is 0 Å². The number of hydrogen-bond acceptors (Lipinski definition) is 2. The zero-order chi connectivity index (χ0) is 11.8. The average Bonchev–Trinajstić information content (AvgIpc) is 2.15. The van der Waals surface area contributed by atoms with Gasteiger partial charge in [0, 0.05) is 25.9 Å². The largest absolute Gasteiger partial charge is 0.356 e. The number of hydrogen-bond donors (Lipinski definition) is 0. The van der Waals surface area contributed by atoms with Gasteiger partial charge in [0.1, 0.15) is 10.4 Å². The Labute approximate surface area is 102 Å². The minimum Gasteiger partial charge on any atom is -0.356 e. The molecule has 0 saturated carbocycles. The van der Waals surface area contributed by atoms with Crippen LogP contribution in [-0.4, -0.2) is 24.0 Å². The first-order valence-corrected chi connectivity index (χ1v) is 6.03. The van der Waals surface area contributed by atoms with Crippen LogP contribution in [0.2, 0.25) is 0 Å². The molecule has 0 spiro atoms. The van der Waals surface area contributed by atoms with Gasteiger partial charge in [0.25, 0.3) is 5.92 Å². The smallest absolute Gasteiger partial charge is 0.251 e. The summed E-state index contributed by atoms with van der Waals surface area (Å²) in [6, 6.07) is 3.83. The lowest BCUT2D eigenvalue weighted by Crippen LogP contribution is -2.39. The summed E-state index contributed by atoms with van der Waals surface area (Å²) in [5.41, 5.74) is 1.08. The molecule has 1 fully saturated rings. The molecular weight excluding hydrogens is 278 g/mol. The predicted octanol–water partition coefficient (Wildman–Crippen LogP) is 3.39. The van der Waals surface area contributed by atoms with Crippen LogP contribution < -0.4 is 4.90 Å². The third-order valence-electron chi connectivity index (χ3n) is 2.74. The van der Waals surface area contributed by atoms with Gasteiger partial charge in [-0.2, -0.15) is 0 Å². The monoisotopic (exact) mass is 290 g/mol. The van der Waals surface area contributed by atoms with Crippen LogP contribution in [0.25, 0.3) is 0 Å². The molecule has 2 rings (SSSR count). The summed E-state index contributed by atoms with van der Waals surface area (Å²) in [5.74, 6) is -1.72. The molecule has 0 bridgehead atoms. The molecule has 1 aliphatic rings. The molecular formula is C11H13BrF2N2. The van der Waals surface area contributed by atoms with E-state index in [1.807, 2.05) is 24.0 Å². The van der Waals surface area contributed by atoms with Gasteiger partial charge >= 0.3 is 0 Å². The maximum Gasteiger partial charge on any atom is 0.251 e. The number of alkyl halides is 2. The first-order chi connectivity index (χ1) is 7.46. The van der Waals surface area contributed by atoms with Crippen molar-refractivity contribution in [2.24, 2.45) is 0 Å². The summed E-state index contributed by atoms with van der Waals surface area (Å²) in [5, 5.41) is 0. The van der Waals surface area contributed by atoms with E-state index in [0.29, 0.717) is 13.1 Å². The Morgan fingerprint density at radius 1 is 1.31 bits per heavy atom. The van der Waals surface area contributed by atoms with Gasteiger partial charge in [-0.05, 0) is 40.5 Å². The van der Waals surface area contributed by atoms with Crippen LogP contribution >= 0.6 is 15.9 Å². The predicted molar refractivity (Wildman–Crippen MR) is 63.1 cm³/mol. The molecule has 88 valence electrons. The normalized spacial score (nSPS) is 19.9. The zero-order valence-electron chi connectivity index (χ0n) is 9.01. The average molecular weight is 291 g/mol. The van der Waals surface area contributed by atoms with Crippen molar-refractivity contribution in [2.75, 3.05) is 18.0 Å². The summed E-state index contributed by atoms with van der Waals surface area (Å²) >= 11 is 3.32. The van der Waals surface area contributed by atoms with E-state index in [1.165, 1.54) is 0 Å². The molecule has 0 atom stereocenters. The summed E-state index contributed by atoms with van der Waals surface area (Å²) < 4.78 is 26.7. The van der Waals surface area contributed by atoms with E-state index >= 15 is 0 Å². The fraction of sp³-hybridized carbons (Fsp3) is 0.545. The third-order valence-corrected chi connectivity index (χ3v) is 3.15. The second-order valence-electron chi connectivity index (χ2n) is 4.17. The number of rotatable bonds is 1. The van der Waals surface area contributed by atoms with Crippen LogP contribution in [0, 0.1) is 6.92 Å². The second kappa shape index (κ2) is 4.28. The number of piperidine rings is 1. The number of aryl methyl sites for hydroxylation is 1. The molecule has 5 heteroatoms. The first-order valence-electron chi connectivity index (χ1n) is 5.23. The van der Waals surface area contributed by atoms with E-state index in [4.69, 9.17) is 0 Å². The highest BCUT2D eigenvalue weighted by atomic mass is 79.9. The van der Waals surface area contributed by atoms with Crippen LogP contribution in [0.1, 0.15) is 18.4 Å². The second-order valence-corrected chi connectivity index (χ2v) is 4.98. The van der Waals surface area contributed by atoms with E-state index in [0.717, 1.165) is 16.0 Å².